The second-order valence-corrected chi connectivity index (χ2v) is 10.7. The molecule has 0 unspecified atom stereocenters. The summed E-state index contributed by atoms with van der Waals surface area (Å²) in [6.45, 7) is 4.43. The topological polar surface area (TPSA) is 9.23 Å². The van der Waals surface area contributed by atoms with Crippen molar-refractivity contribution < 1.29 is 8.91 Å². The zero-order valence-electron chi connectivity index (χ0n) is 13.1. The first-order valence-corrected chi connectivity index (χ1v) is 10.6. The summed E-state index contributed by atoms with van der Waals surface area (Å²) in [5.41, 5.74) is 3.45. The van der Waals surface area contributed by atoms with E-state index >= 15 is 0 Å². The molecule has 0 N–H and O–H groups in total. The van der Waals surface area contributed by atoms with Crippen molar-refractivity contribution in [2.45, 2.75) is 20.0 Å². The molecule has 1 nitrogen and oxygen atoms in total. The van der Waals surface area contributed by atoms with Gasteiger partial charge in [-0.25, -0.2) is 4.39 Å². The van der Waals surface area contributed by atoms with Crippen molar-refractivity contribution in [1.82, 2.24) is 0 Å². The highest BCUT2D eigenvalue weighted by Crippen LogP contribution is 2.80. The summed E-state index contributed by atoms with van der Waals surface area (Å²) in [7, 11) is 0. The summed E-state index contributed by atoms with van der Waals surface area (Å²) in [5, 5.41) is 1.24. The molecule has 2 aliphatic rings. The Labute approximate surface area is 141 Å². The smallest absolute Gasteiger partial charge is 0.123 e. The maximum Gasteiger partial charge on any atom is 0.123 e. The second kappa shape index (κ2) is 5.11. The highest BCUT2D eigenvalue weighted by Gasteiger charge is 2.58. The molecule has 23 heavy (non-hydrogen) atoms. The van der Waals surface area contributed by atoms with Gasteiger partial charge >= 0.3 is 0 Å². The lowest BCUT2D eigenvalue weighted by Crippen LogP contribution is -2.25. The third-order valence-corrected chi connectivity index (χ3v) is 9.26. The van der Waals surface area contributed by atoms with Gasteiger partial charge in [0, 0.05) is 16.9 Å². The molecule has 3 atom stereocenters. The number of hydrogen-bond acceptors (Lipinski definition) is 2. The van der Waals surface area contributed by atoms with E-state index in [9.17, 15) is 4.39 Å². The van der Waals surface area contributed by atoms with Crippen LogP contribution in [0.2, 0.25) is 0 Å². The third-order valence-electron chi connectivity index (χ3n) is 5.16. The molecular formula is C19H18FOPS. The molecule has 1 saturated heterocycles. The number of fused-ring (bicyclic) bond motifs is 2. The lowest BCUT2D eigenvalue weighted by atomic mass is 9.76. The lowest BCUT2D eigenvalue weighted by molar-refractivity contribution is 0.150. The normalized spacial score (nSPS) is 32.6. The maximum atomic E-state index is 13.2. The van der Waals surface area contributed by atoms with E-state index in [4.69, 9.17) is 16.3 Å². The molecule has 0 amide bonds. The minimum Gasteiger partial charge on any atom is -0.337 e. The quantitative estimate of drug-likeness (QED) is 0.642. The standard InChI is InChI=1S/C19H18FOPS/c1-13-17(14-6-4-3-5-7-14)22(23)12-19(13,2)18(21-22)15-8-10-16(20)11-9-15/h3-11,18H,12H2,1-2H3/t18-,19-,22-/m1/s1. The van der Waals surface area contributed by atoms with E-state index in [2.05, 4.69) is 26.0 Å². The predicted octanol–water partition coefficient (Wildman–Crippen LogP) is 5.74. The van der Waals surface area contributed by atoms with Gasteiger partial charge in [-0.1, -0.05) is 66.8 Å². The van der Waals surface area contributed by atoms with Crippen LogP contribution in [-0.4, -0.2) is 6.16 Å². The first-order chi connectivity index (χ1) is 10.9. The Hall–Kier alpha value is -1.28. The minimum atomic E-state index is -2.04. The number of benzene rings is 2. The van der Waals surface area contributed by atoms with Crippen LogP contribution in [0.15, 0.2) is 60.2 Å². The highest BCUT2D eigenvalue weighted by atomic mass is 32.4. The fourth-order valence-electron chi connectivity index (χ4n) is 3.89. The highest BCUT2D eigenvalue weighted by molar-refractivity contribution is 8.17. The summed E-state index contributed by atoms with van der Waals surface area (Å²) in [6.07, 6.45) is -1.22. The summed E-state index contributed by atoms with van der Waals surface area (Å²) in [5.74, 6) is -0.220. The molecule has 0 aromatic heterocycles. The monoisotopic (exact) mass is 344 g/mol. The molecule has 2 aromatic carbocycles. The summed E-state index contributed by atoms with van der Waals surface area (Å²) >= 11 is 6.02. The van der Waals surface area contributed by atoms with Gasteiger partial charge in [-0.3, -0.25) is 0 Å². The van der Waals surface area contributed by atoms with Gasteiger partial charge in [0.1, 0.15) is 5.82 Å². The third kappa shape index (κ3) is 2.18. The molecule has 0 radical (unpaired) electrons. The van der Waals surface area contributed by atoms with Gasteiger partial charge in [0.05, 0.1) is 12.4 Å². The molecule has 0 saturated carbocycles. The Kier molecular flexibility index (Phi) is 3.39. The van der Waals surface area contributed by atoms with Crippen LogP contribution < -0.4 is 0 Å². The molecule has 2 aliphatic heterocycles. The van der Waals surface area contributed by atoms with Gasteiger partial charge in [0.15, 0.2) is 0 Å². The molecule has 2 heterocycles. The van der Waals surface area contributed by atoms with Crippen LogP contribution in [0.4, 0.5) is 4.39 Å². The molecular weight excluding hydrogens is 326 g/mol. The van der Waals surface area contributed by atoms with Crippen molar-refractivity contribution in [3.05, 3.63) is 77.1 Å². The van der Waals surface area contributed by atoms with Crippen molar-refractivity contribution in [3.63, 3.8) is 0 Å². The van der Waals surface area contributed by atoms with Crippen LogP contribution in [0.1, 0.15) is 31.1 Å². The zero-order valence-corrected chi connectivity index (χ0v) is 14.8. The number of rotatable bonds is 2. The average Bonchev–Trinajstić information content (AvgIpc) is 2.92. The summed E-state index contributed by atoms with van der Waals surface area (Å²) < 4.78 is 19.7. The van der Waals surface area contributed by atoms with Gasteiger partial charge in [0.2, 0.25) is 0 Å². The van der Waals surface area contributed by atoms with E-state index in [1.165, 1.54) is 28.6 Å². The fraction of sp³-hybridized carbons (Fsp3) is 0.263. The first kappa shape index (κ1) is 15.3. The molecule has 4 rings (SSSR count). The lowest BCUT2D eigenvalue weighted by Gasteiger charge is -2.34. The van der Waals surface area contributed by atoms with Crippen molar-refractivity contribution in [2.75, 3.05) is 6.16 Å². The molecule has 1 fully saturated rings. The van der Waals surface area contributed by atoms with Crippen LogP contribution >= 0.6 is 6.26 Å². The molecule has 2 aromatic rings. The Balaban J connectivity index is 1.83. The molecule has 4 heteroatoms. The van der Waals surface area contributed by atoms with E-state index in [1.807, 2.05) is 30.3 Å². The Morgan fingerprint density at radius 2 is 1.78 bits per heavy atom. The van der Waals surface area contributed by atoms with E-state index in [1.54, 1.807) is 0 Å². The minimum absolute atomic E-state index is 0.0682. The van der Waals surface area contributed by atoms with Crippen LogP contribution in [0, 0.1) is 11.2 Å². The Morgan fingerprint density at radius 3 is 2.39 bits per heavy atom. The maximum absolute atomic E-state index is 13.2. The molecule has 2 bridgehead atoms. The fourth-order valence-corrected chi connectivity index (χ4v) is 9.29. The van der Waals surface area contributed by atoms with E-state index < -0.39 is 6.26 Å². The SMILES string of the molecule is CC1=C(c2ccccc2)[P@]2(=S)C[C@@]1(C)[C@@H](c1ccc(F)cc1)O2. The Bertz CT molecular complexity index is 843. The van der Waals surface area contributed by atoms with E-state index in [-0.39, 0.29) is 17.3 Å². The number of hydrogen-bond donors (Lipinski definition) is 0. The van der Waals surface area contributed by atoms with Gasteiger partial charge < -0.3 is 4.52 Å². The van der Waals surface area contributed by atoms with Gasteiger partial charge in [-0.15, -0.1) is 0 Å². The van der Waals surface area contributed by atoms with Crippen LogP contribution in [-0.2, 0) is 16.3 Å². The number of halogens is 1. The van der Waals surface area contributed by atoms with Gasteiger partial charge in [0.25, 0.3) is 0 Å². The first-order valence-electron chi connectivity index (χ1n) is 7.74. The van der Waals surface area contributed by atoms with Crippen LogP contribution in [0.5, 0.6) is 0 Å². The molecule has 0 spiro atoms. The average molecular weight is 344 g/mol. The zero-order chi connectivity index (χ0) is 16.2. The van der Waals surface area contributed by atoms with Crippen LogP contribution in [0.3, 0.4) is 0 Å². The molecule has 0 aliphatic carbocycles. The Morgan fingerprint density at radius 1 is 1.13 bits per heavy atom. The predicted molar refractivity (Wildman–Crippen MR) is 96.5 cm³/mol. The van der Waals surface area contributed by atoms with E-state index in [0.717, 1.165) is 11.7 Å². The van der Waals surface area contributed by atoms with Gasteiger partial charge in [-0.05, 0) is 30.2 Å². The van der Waals surface area contributed by atoms with Crippen molar-refractivity contribution in [2.24, 2.45) is 5.41 Å². The summed E-state index contributed by atoms with van der Waals surface area (Å²) in [6, 6.07) is 17.0. The van der Waals surface area contributed by atoms with Crippen molar-refractivity contribution in [1.29, 1.82) is 0 Å². The van der Waals surface area contributed by atoms with Gasteiger partial charge in [-0.2, -0.15) is 0 Å². The van der Waals surface area contributed by atoms with Crippen molar-refractivity contribution in [3.8, 4) is 0 Å². The largest absolute Gasteiger partial charge is 0.337 e. The van der Waals surface area contributed by atoms with Crippen LogP contribution in [0.25, 0.3) is 5.31 Å². The van der Waals surface area contributed by atoms with E-state index in [0.29, 0.717) is 0 Å². The summed E-state index contributed by atoms with van der Waals surface area (Å²) in [4.78, 5) is 0. The van der Waals surface area contributed by atoms with Crippen molar-refractivity contribution >= 4 is 23.4 Å². The molecule has 118 valence electrons. The second-order valence-electron chi connectivity index (χ2n) is 6.63.